The van der Waals surface area contributed by atoms with Crippen LogP contribution >= 0.6 is 0 Å². The number of phenolic OH excluding ortho intramolecular Hbond substituents is 1. The quantitative estimate of drug-likeness (QED) is 0.668. The molecule has 0 unspecified atom stereocenters. The molecule has 5 heteroatoms. The zero-order valence-corrected chi connectivity index (χ0v) is 8.25. The number of carboxylic acid groups (broad SMARTS) is 2. The summed E-state index contributed by atoms with van der Waals surface area (Å²) in [7, 11) is 0. The van der Waals surface area contributed by atoms with Crippen LogP contribution in [0, 0.1) is 0 Å². The van der Waals surface area contributed by atoms with Crippen LogP contribution in [-0.4, -0.2) is 27.3 Å². The Kier molecular flexibility index (Phi) is 3.66. The molecule has 0 fully saturated rings. The zero-order valence-electron chi connectivity index (χ0n) is 8.25. The van der Waals surface area contributed by atoms with Crippen LogP contribution in [-0.2, 0) is 9.59 Å². The van der Waals surface area contributed by atoms with Crippen molar-refractivity contribution in [1.29, 1.82) is 0 Å². The lowest BCUT2D eigenvalue weighted by Crippen LogP contribution is -2.00. The van der Waals surface area contributed by atoms with E-state index in [-0.39, 0.29) is 17.7 Å². The van der Waals surface area contributed by atoms with Crippen molar-refractivity contribution >= 4 is 17.5 Å². The molecule has 0 saturated heterocycles. The molecule has 0 aliphatic heterocycles. The highest BCUT2D eigenvalue weighted by Crippen LogP contribution is 2.20. The number of aromatic hydroxyl groups is 1. The van der Waals surface area contributed by atoms with E-state index in [2.05, 4.69) is 0 Å². The zero-order chi connectivity index (χ0) is 12.1. The van der Waals surface area contributed by atoms with Gasteiger partial charge >= 0.3 is 11.9 Å². The van der Waals surface area contributed by atoms with Gasteiger partial charge in [-0.25, -0.2) is 4.79 Å². The van der Waals surface area contributed by atoms with Gasteiger partial charge in [0.25, 0.3) is 0 Å². The highest BCUT2D eigenvalue weighted by atomic mass is 16.4. The van der Waals surface area contributed by atoms with E-state index >= 15 is 0 Å². The third-order valence-electron chi connectivity index (χ3n) is 1.88. The maximum Gasteiger partial charge on any atom is 0.328 e. The topological polar surface area (TPSA) is 94.8 Å². The maximum atomic E-state index is 10.5. The number of aliphatic carboxylic acids is 2. The van der Waals surface area contributed by atoms with Crippen molar-refractivity contribution in [2.75, 3.05) is 0 Å². The Morgan fingerprint density at radius 1 is 1.12 bits per heavy atom. The first kappa shape index (κ1) is 11.8. The van der Waals surface area contributed by atoms with E-state index in [9.17, 15) is 9.59 Å². The summed E-state index contributed by atoms with van der Waals surface area (Å²) in [6, 6.07) is 5.67. The van der Waals surface area contributed by atoms with Gasteiger partial charge in [-0.2, -0.15) is 0 Å². The lowest BCUT2D eigenvalue weighted by molar-refractivity contribution is -0.135. The summed E-state index contributed by atoms with van der Waals surface area (Å²) in [5.74, 6) is -2.28. The molecule has 1 rings (SSSR count). The molecular formula is C11H10O5. The molecule has 0 atom stereocenters. The van der Waals surface area contributed by atoms with Crippen molar-refractivity contribution < 1.29 is 24.9 Å². The molecule has 3 N–H and O–H groups in total. The van der Waals surface area contributed by atoms with Crippen molar-refractivity contribution in [2.24, 2.45) is 0 Å². The minimum absolute atomic E-state index is 0.0359. The number of rotatable bonds is 4. The average Bonchev–Trinajstić information content (AvgIpc) is 2.16. The van der Waals surface area contributed by atoms with Gasteiger partial charge in [-0.1, -0.05) is 12.1 Å². The molecule has 0 aromatic heterocycles. The van der Waals surface area contributed by atoms with Crippen molar-refractivity contribution in [2.45, 2.75) is 6.42 Å². The van der Waals surface area contributed by atoms with E-state index < -0.39 is 11.9 Å². The van der Waals surface area contributed by atoms with Gasteiger partial charge < -0.3 is 15.3 Å². The molecule has 0 spiro atoms. The number of carbonyl (C=O) groups is 2. The Bertz CT molecular complexity index is 430. The summed E-state index contributed by atoms with van der Waals surface area (Å²) in [5, 5.41) is 26.3. The largest absolute Gasteiger partial charge is 0.508 e. The first-order valence-corrected chi connectivity index (χ1v) is 4.43. The van der Waals surface area contributed by atoms with Crippen molar-refractivity contribution in [3.8, 4) is 5.75 Å². The second kappa shape index (κ2) is 4.97. The van der Waals surface area contributed by atoms with Crippen LogP contribution in [0.4, 0.5) is 0 Å². The first-order chi connectivity index (χ1) is 7.49. The Labute approximate surface area is 91.3 Å². The van der Waals surface area contributed by atoms with Gasteiger partial charge in [-0.05, 0) is 23.3 Å². The van der Waals surface area contributed by atoms with Crippen LogP contribution in [0.3, 0.4) is 0 Å². The van der Waals surface area contributed by atoms with E-state index in [1.165, 1.54) is 24.3 Å². The summed E-state index contributed by atoms with van der Waals surface area (Å²) >= 11 is 0. The summed E-state index contributed by atoms with van der Waals surface area (Å²) in [5.41, 5.74) is 0.641. The molecule has 0 radical (unpaired) electrons. The van der Waals surface area contributed by atoms with Crippen LogP contribution in [0.15, 0.2) is 30.3 Å². The average molecular weight is 222 g/mol. The monoisotopic (exact) mass is 222 g/mol. The standard InChI is InChI=1S/C11H10O5/c12-9-3-1-7(2-4-9)8(5-10(13)14)6-11(15)16/h1-5,12H,6H2,(H,13,14)(H,15,16). The van der Waals surface area contributed by atoms with E-state index in [0.29, 0.717) is 5.56 Å². The van der Waals surface area contributed by atoms with Crippen molar-refractivity contribution in [3.05, 3.63) is 35.9 Å². The molecule has 0 aliphatic rings. The molecule has 0 aliphatic carbocycles. The number of hydrogen-bond acceptors (Lipinski definition) is 3. The van der Waals surface area contributed by atoms with E-state index in [1.54, 1.807) is 0 Å². The number of hydrogen-bond donors (Lipinski definition) is 3. The summed E-state index contributed by atoms with van der Waals surface area (Å²) in [4.78, 5) is 21.1. The maximum absolute atomic E-state index is 10.5. The van der Waals surface area contributed by atoms with Gasteiger partial charge in [0.05, 0.1) is 6.42 Å². The predicted molar refractivity (Wildman–Crippen MR) is 56.0 cm³/mol. The Hall–Kier alpha value is -2.30. The summed E-state index contributed by atoms with van der Waals surface area (Å²) in [6.07, 6.45) is 0.470. The normalized spacial score (nSPS) is 11.1. The SMILES string of the molecule is O=C(O)C=C(CC(=O)O)c1ccc(O)cc1. The molecule has 0 saturated carbocycles. The molecule has 0 bridgehead atoms. The van der Waals surface area contributed by atoms with Crippen LogP contribution < -0.4 is 0 Å². The van der Waals surface area contributed by atoms with Crippen molar-refractivity contribution in [3.63, 3.8) is 0 Å². The van der Waals surface area contributed by atoms with Crippen LogP contribution in [0.1, 0.15) is 12.0 Å². The lowest BCUT2D eigenvalue weighted by Gasteiger charge is -2.04. The summed E-state index contributed by atoms with van der Waals surface area (Å²) in [6.45, 7) is 0. The molecule has 16 heavy (non-hydrogen) atoms. The molecule has 0 amide bonds. The van der Waals surface area contributed by atoms with Gasteiger partial charge in [0.2, 0.25) is 0 Å². The number of benzene rings is 1. The van der Waals surface area contributed by atoms with Gasteiger partial charge in [0.1, 0.15) is 5.75 Å². The Morgan fingerprint density at radius 3 is 2.12 bits per heavy atom. The third kappa shape index (κ3) is 3.45. The molecule has 0 heterocycles. The smallest absolute Gasteiger partial charge is 0.328 e. The minimum atomic E-state index is -1.20. The number of phenols is 1. The molecule has 1 aromatic carbocycles. The van der Waals surface area contributed by atoms with Gasteiger partial charge in [0, 0.05) is 6.08 Å². The molecular weight excluding hydrogens is 212 g/mol. The van der Waals surface area contributed by atoms with Gasteiger partial charge in [0.15, 0.2) is 0 Å². The highest BCUT2D eigenvalue weighted by Gasteiger charge is 2.08. The lowest BCUT2D eigenvalue weighted by atomic mass is 10.0. The summed E-state index contributed by atoms with van der Waals surface area (Å²) < 4.78 is 0. The van der Waals surface area contributed by atoms with Crippen LogP contribution in [0.2, 0.25) is 0 Å². The molecule has 84 valence electrons. The van der Waals surface area contributed by atoms with Crippen molar-refractivity contribution in [1.82, 2.24) is 0 Å². The van der Waals surface area contributed by atoms with E-state index in [0.717, 1.165) is 6.08 Å². The molecule has 5 nitrogen and oxygen atoms in total. The van der Waals surface area contributed by atoms with E-state index in [1.807, 2.05) is 0 Å². The fourth-order valence-corrected chi connectivity index (χ4v) is 1.22. The second-order valence-electron chi connectivity index (χ2n) is 3.13. The highest BCUT2D eigenvalue weighted by molar-refractivity contribution is 5.94. The van der Waals surface area contributed by atoms with Gasteiger partial charge in [-0.15, -0.1) is 0 Å². The second-order valence-corrected chi connectivity index (χ2v) is 3.13. The minimum Gasteiger partial charge on any atom is -0.508 e. The fourth-order valence-electron chi connectivity index (χ4n) is 1.22. The predicted octanol–water partition coefficient (Wildman–Crippen LogP) is 1.33. The van der Waals surface area contributed by atoms with Crippen LogP contribution in [0.25, 0.3) is 5.57 Å². The first-order valence-electron chi connectivity index (χ1n) is 4.43. The third-order valence-corrected chi connectivity index (χ3v) is 1.88. The fraction of sp³-hybridized carbons (Fsp3) is 0.0909. The molecule has 1 aromatic rings. The Morgan fingerprint density at radius 2 is 1.69 bits per heavy atom. The Balaban J connectivity index is 3.06. The van der Waals surface area contributed by atoms with Crippen LogP contribution in [0.5, 0.6) is 5.75 Å². The number of carboxylic acids is 2. The van der Waals surface area contributed by atoms with Gasteiger partial charge in [-0.3, -0.25) is 4.79 Å². The van der Waals surface area contributed by atoms with E-state index in [4.69, 9.17) is 15.3 Å².